The van der Waals surface area contributed by atoms with Gasteiger partial charge in [-0.25, -0.2) is 8.42 Å². The van der Waals surface area contributed by atoms with Gasteiger partial charge in [-0.3, -0.25) is 13.9 Å². The smallest absolute Gasteiger partial charge is 0.350 e. The molecule has 0 saturated heterocycles. The highest BCUT2D eigenvalue weighted by atomic mass is 35.5. The molecule has 0 aliphatic carbocycles. The molecule has 0 unspecified atom stereocenters. The molecule has 0 spiro atoms. The minimum absolute atomic E-state index is 0.0920. The Balaban J connectivity index is 2.09. The first-order valence-electron chi connectivity index (χ1n) is 13.0. The minimum Gasteiger partial charge on any atom is -0.350 e. The van der Waals surface area contributed by atoms with Crippen molar-refractivity contribution in [1.82, 2.24) is 10.2 Å². The maximum atomic E-state index is 14.0. The number of amides is 2. The summed E-state index contributed by atoms with van der Waals surface area (Å²) in [5, 5.41) is 3.35. The lowest BCUT2D eigenvalue weighted by Crippen LogP contribution is -2.56. The van der Waals surface area contributed by atoms with Crippen LogP contribution in [0.1, 0.15) is 37.5 Å². The maximum Gasteiger partial charge on any atom is 0.416 e. The van der Waals surface area contributed by atoms with Crippen molar-refractivity contribution in [2.75, 3.05) is 17.1 Å². The van der Waals surface area contributed by atoms with Crippen LogP contribution in [-0.2, 0) is 38.8 Å². The third-order valence-corrected chi connectivity index (χ3v) is 7.57. The van der Waals surface area contributed by atoms with Crippen LogP contribution in [0, 0.1) is 0 Å². The molecule has 0 aliphatic heterocycles. The van der Waals surface area contributed by atoms with Gasteiger partial charge >= 0.3 is 6.18 Å². The number of sulfonamides is 1. The summed E-state index contributed by atoms with van der Waals surface area (Å²) in [6.45, 7) is 4.44. The van der Waals surface area contributed by atoms with Gasteiger partial charge < -0.3 is 10.2 Å². The van der Waals surface area contributed by atoms with E-state index in [1.165, 1.54) is 11.0 Å². The lowest BCUT2D eigenvalue weighted by atomic mass is 10.0. The van der Waals surface area contributed by atoms with Crippen molar-refractivity contribution < 1.29 is 31.2 Å². The summed E-state index contributed by atoms with van der Waals surface area (Å²) in [4.78, 5) is 29.0. The van der Waals surface area contributed by atoms with Crippen LogP contribution in [0.3, 0.4) is 0 Å². The van der Waals surface area contributed by atoms with Crippen molar-refractivity contribution in [3.05, 3.63) is 101 Å². The number of anilines is 1. The first-order valence-corrected chi connectivity index (χ1v) is 15.2. The van der Waals surface area contributed by atoms with Gasteiger partial charge in [0, 0.05) is 23.5 Å². The molecular formula is C30H33ClF3N3O4S. The third kappa shape index (κ3) is 9.49. The summed E-state index contributed by atoms with van der Waals surface area (Å²) in [7, 11) is -4.22. The molecule has 3 aromatic carbocycles. The van der Waals surface area contributed by atoms with Gasteiger partial charge in [-0.2, -0.15) is 13.2 Å². The Kier molecular flexibility index (Phi) is 10.3. The number of hydrogen-bond acceptors (Lipinski definition) is 4. The number of carbonyl (C=O) groups excluding carboxylic acids is 2. The molecule has 0 fully saturated rings. The molecule has 1 atom stereocenters. The van der Waals surface area contributed by atoms with E-state index in [1.807, 2.05) is 6.07 Å². The molecule has 0 aromatic heterocycles. The van der Waals surface area contributed by atoms with Crippen molar-refractivity contribution >= 4 is 39.1 Å². The molecule has 7 nitrogen and oxygen atoms in total. The van der Waals surface area contributed by atoms with Crippen LogP contribution in [0.4, 0.5) is 18.9 Å². The zero-order valence-electron chi connectivity index (χ0n) is 23.7. The highest BCUT2D eigenvalue weighted by Gasteiger charge is 2.35. The second-order valence-electron chi connectivity index (χ2n) is 10.9. The van der Waals surface area contributed by atoms with E-state index in [0.717, 1.165) is 24.0 Å². The SMILES string of the molecule is CC(C)(C)NC(=O)[C@@H](Cc1ccccc1)N(Cc1ccc(Cl)cc1)C(=O)CN(c1cccc(C(F)(F)F)c1)S(C)(=O)=O. The van der Waals surface area contributed by atoms with E-state index >= 15 is 0 Å². The monoisotopic (exact) mass is 623 g/mol. The Morgan fingerprint density at radius 2 is 1.52 bits per heavy atom. The number of rotatable bonds is 10. The van der Waals surface area contributed by atoms with Gasteiger partial charge in [-0.05, 0) is 62.2 Å². The average Bonchev–Trinajstić information content (AvgIpc) is 2.88. The summed E-state index contributed by atoms with van der Waals surface area (Å²) in [5.41, 5.74) is -0.688. The molecule has 12 heteroatoms. The predicted molar refractivity (Wildman–Crippen MR) is 157 cm³/mol. The third-order valence-electron chi connectivity index (χ3n) is 6.18. The zero-order valence-corrected chi connectivity index (χ0v) is 25.2. The largest absolute Gasteiger partial charge is 0.416 e. The molecule has 0 aliphatic rings. The van der Waals surface area contributed by atoms with Crippen LogP contribution in [0.2, 0.25) is 5.02 Å². The fourth-order valence-corrected chi connectivity index (χ4v) is 5.21. The summed E-state index contributed by atoms with van der Waals surface area (Å²) in [6.07, 6.45) is -3.82. The standard InChI is InChI=1S/C30H33ClF3N3O4S/c1-29(2,3)35-28(39)26(17-21-9-6-5-7-10-21)36(19-22-13-15-24(31)16-14-22)27(38)20-37(42(4,40)41)25-12-8-11-23(18-25)30(32,33)34/h5-16,18,26H,17,19-20H2,1-4H3,(H,35,39)/t26-/m1/s1. The number of nitrogens with zero attached hydrogens (tertiary/aromatic N) is 2. The fraction of sp³-hybridized carbons (Fsp3) is 0.333. The average molecular weight is 624 g/mol. The van der Waals surface area contributed by atoms with Crippen LogP contribution in [0.5, 0.6) is 0 Å². The second-order valence-corrected chi connectivity index (χ2v) is 13.3. The van der Waals surface area contributed by atoms with Crippen molar-refractivity contribution in [1.29, 1.82) is 0 Å². The number of hydrogen-bond donors (Lipinski definition) is 1. The number of nitrogens with one attached hydrogen (secondary N) is 1. The van der Waals surface area contributed by atoms with E-state index in [2.05, 4.69) is 5.32 Å². The topological polar surface area (TPSA) is 86.8 Å². The van der Waals surface area contributed by atoms with Gasteiger partial charge in [-0.15, -0.1) is 0 Å². The van der Waals surface area contributed by atoms with Crippen molar-refractivity contribution in [2.45, 2.75) is 51.5 Å². The van der Waals surface area contributed by atoms with Crippen LogP contribution in [-0.4, -0.2) is 49.5 Å². The van der Waals surface area contributed by atoms with Crippen LogP contribution >= 0.6 is 11.6 Å². The van der Waals surface area contributed by atoms with E-state index in [-0.39, 0.29) is 18.7 Å². The molecule has 1 N–H and O–H groups in total. The first kappa shape index (κ1) is 32.9. The van der Waals surface area contributed by atoms with Gasteiger partial charge in [0.05, 0.1) is 17.5 Å². The molecular weight excluding hydrogens is 591 g/mol. The van der Waals surface area contributed by atoms with Gasteiger partial charge in [0.1, 0.15) is 12.6 Å². The lowest BCUT2D eigenvalue weighted by molar-refractivity contribution is -0.140. The van der Waals surface area contributed by atoms with Crippen LogP contribution in [0.15, 0.2) is 78.9 Å². The van der Waals surface area contributed by atoms with E-state index in [9.17, 15) is 31.2 Å². The van der Waals surface area contributed by atoms with Gasteiger partial charge in [0.25, 0.3) is 0 Å². The van der Waals surface area contributed by atoms with Crippen LogP contribution in [0.25, 0.3) is 0 Å². The first-order chi connectivity index (χ1) is 19.4. The Hall–Kier alpha value is -3.57. The molecule has 0 heterocycles. The molecule has 42 heavy (non-hydrogen) atoms. The Morgan fingerprint density at radius 3 is 2.07 bits per heavy atom. The molecule has 3 rings (SSSR count). The summed E-state index contributed by atoms with van der Waals surface area (Å²) in [6, 6.07) is 18.2. The van der Waals surface area contributed by atoms with Crippen molar-refractivity contribution in [3.8, 4) is 0 Å². The summed E-state index contributed by atoms with van der Waals surface area (Å²) >= 11 is 6.04. The van der Waals surface area contributed by atoms with Crippen LogP contribution < -0.4 is 9.62 Å². The minimum atomic E-state index is -4.73. The predicted octanol–water partition coefficient (Wildman–Crippen LogP) is 5.68. The highest BCUT2D eigenvalue weighted by Crippen LogP contribution is 2.32. The summed E-state index contributed by atoms with van der Waals surface area (Å²) < 4.78 is 66.5. The number of alkyl halides is 3. The number of halogens is 4. The van der Waals surface area contributed by atoms with Crippen molar-refractivity contribution in [3.63, 3.8) is 0 Å². The van der Waals surface area contributed by atoms with Gasteiger partial charge in [-0.1, -0.05) is 60.1 Å². The molecule has 0 saturated carbocycles. The molecule has 226 valence electrons. The number of benzene rings is 3. The summed E-state index contributed by atoms with van der Waals surface area (Å²) in [5.74, 6) is -1.25. The molecule has 3 aromatic rings. The molecule has 0 bridgehead atoms. The van der Waals surface area contributed by atoms with E-state index in [4.69, 9.17) is 11.6 Å². The molecule has 2 amide bonds. The lowest BCUT2D eigenvalue weighted by Gasteiger charge is -2.35. The fourth-order valence-electron chi connectivity index (χ4n) is 4.24. The van der Waals surface area contributed by atoms with Gasteiger partial charge in [0.2, 0.25) is 21.8 Å². The Labute approximate surface area is 249 Å². The zero-order chi connectivity index (χ0) is 31.3. The van der Waals surface area contributed by atoms with E-state index < -0.39 is 51.7 Å². The van der Waals surface area contributed by atoms with E-state index in [1.54, 1.807) is 69.3 Å². The Morgan fingerprint density at radius 1 is 0.905 bits per heavy atom. The van der Waals surface area contributed by atoms with Crippen molar-refractivity contribution in [2.24, 2.45) is 0 Å². The quantitative estimate of drug-likeness (QED) is 0.315. The highest BCUT2D eigenvalue weighted by molar-refractivity contribution is 7.92. The van der Waals surface area contributed by atoms with E-state index in [0.29, 0.717) is 21.0 Å². The van der Waals surface area contributed by atoms with Gasteiger partial charge in [0.15, 0.2) is 0 Å². The normalized spacial score (nSPS) is 12.9. The molecule has 0 radical (unpaired) electrons. The Bertz CT molecular complexity index is 1490. The second kappa shape index (κ2) is 13.2. The number of carbonyl (C=O) groups is 2. The maximum absolute atomic E-state index is 14.0.